The maximum Gasteiger partial charge on any atom is 0.152 e. The van der Waals surface area contributed by atoms with Gasteiger partial charge in [-0.15, -0.1) is 0 Å². The molecule has 0 saturated carbocycles. The third kappa shape index (κ3) is 3.01. The van der Waals surface area contributed by atoms with Crippen LogP contribution in [0.4, 0.5) is 0 Å². The molecule has 0 unspecified atom stereocenters. The summed E-state index contributed by atoms with van der Waals surface area (Å²) in [6.45, 7) is 1.54. The molecule has 0 aliphatic carbocycles. The van der Waals surface area contributed by atoms with Crippen LogP contribution in [0.2, 0.25) is 0 Å². The van der Waals surface area contributed by atoms with Crippen LogP contribution in [-0.2, 0) is 4.79 Å². The maximum atomic E-state index is 10.6. The average molecular weight is 225 g/mol. The second kappa shape index (κ2) is 4.21. The lowest BCUT2D eigenvalue weighted by Gasteiger charge is -1.91. The van der Waals surface area contributed by atoms with E-state index in [1.165, 1.54) is 6.92 Å². The smallest absolute Gasteiger partial charge is 0.152 e. The SMILES string of the molecule is CC(=O)/C=C/c1ccc(Br)cc1. The molecule has 0 aromatic heterocycles. The van der Waals surface area contributed by atoms with E-state index in [0.717, 1.165) is 10.0 Å². The summed E-state index contributed by atoms with van der Waals surface area (Å²) in [7, 11) is 0. The fourth-order valence-corrected chi connectivity index (χ4v) is 1.05. The minimum Gasteiger partial charge on any atom is -0.295 e. The summed E-state index contributed by atoms with van der Waals surface area (Å²) < 4.78 is 1.04. The average Bonchev–Trinajstić information content (AvgIpc) is 2.03. The van der Waals surface area contributed by atoms with Crippen LogP contribution >= 0.6 is 15.9 Å². The van der Waals surface area contributed by atoms with Crippen molar-refractivity contribution in [1.82, 2.24) is 0 Å². The molecule has 0 aliphatic heterocycles. The topological polar surface area (TPSA) is 17.1 Å². The third-order valence-electron chi connectivity index (χ3n) is 1.38. The Balaban J connectivity index is 2.77. The predicted octanol–water partition coefficient (Wildman–Crippen LogP) is 3.05. The molecule has 0 N–H and O–H groups in total. The number of allylic oxidation sites excluding steroid dienone is 1. The number of benzene rings is 1. The maximum absolute atomic E-state index is 10.6. The summed E-state index contributed by atoms with van der Waals surface area (Å²) in [5, 5.41) is 0. The van der Waals surface area contributed by atoms with Gasteiger partial charge in [0.25, 0.3) is 0 Å². The molecule has 62 valence electrons. The summed E-state index contributed by atoms with van der Waals surface area (Å²) in [5.74, 6) is 0.0675. The van der Waals surface area contributed by atoms with Crippen LogP contribution in [0.5, 0.6) is 0 Å². The Morgan fingerprint density at radius 1 is 1.33 bits per heavy atom. The monoisotopic (exact) mass is 224 g/mol. The minimum absolute atomic E-state index is 0.0675. The molecule has 0 bridgehead atoms. The Kier molecular flexibility index (Phi) is 3.23. The molecule has 0 saturated heterocycles. The molecule has 0 heterocycles. The first-order chi connectivity index (χ1) is 5.68. The predicted molar refractivity (Wildman–Crippen MR) is 53.9 cm³/mol. The van der Waals surface area contributed by atoms with Gasteiger partial charge in [-0.1, -0.05) is 34.1 Å². The lowest BCUT2D eigenvalue weighted by Crippen LogP contribution is -1.79. The van der Waals surface area contributed by atoms with Crippen molar-refractivity contribution in [3.63, 3.8) is 0 Å². The molecule has 0 atom stereocenters. The Morgan fingerprint density at radius 2 is 1.92 bits per heavy atom. The van der Waals surface area contributed by atoms with Gasteiger partial charge in [-0.25, -0.2) is 0 Å². The van der Waals surface area contributed by atoms with Crippen molar-refractivity contribution in [2.24, 2.45) is 0 Å². The van der Waals surface area contributed by atoms with E-state index in [1.54, 1.807) is 12.2 Å². The van der Waals surface area contributed by atoms with E-state index < -0.39 is 0 Å². The van der Waals surface area contributed by atoms with Crippen molar-refractivity contribution < 1.29 is 4.79 Å². The minimum atomic E-state index is 0.0675. The van der Waals surface area contributed by atoms with Crippen LogP contribution < -0.4 is 0 Å². The van der Waals surface area contributed by atoms with Crippen LogP contribution in [-0.4, -0.2) is 5.78 Å². The van der Waals surface area contributed by atoms with Gasteiger partial charge in [0.2, 0.25) is 0 Å². The highest BCUT2D eigenvalue weighted by molar-refractivity contribution is 9.10. The van der Waals surface area contributed by atoms with Crippen molar-refractivity contribution in [3.05, 3.63) is 40.4 Å². The highest BCUT2D eigenvalue weighted by Crippen LogP contribution is 2.11. The van der Waals surface area contributed by atoms with Gasteiger partial charge in [-0.2, -0.15) is 0 Å². The van der Waals surface area contributed by atoms with Gasteiger partial charge in [0.15, 0.2) is 5.78 Å². The molecule has 1 aromatic carbocycles. The number of ketones is 1. The van der Waals surface area contributed by atoms with Crippen LogP contribution in [0.15, 0.2) is 34.8 Å². The number of halogens is 1. The molecule has 1 rings (SSSR count). The summed E-state index contributed by atoms with van der Waals surface area (Å²) in [4.78, 5) is 10.6. The number of carbonyl (C=O) groups is 1. The van der Waals surface area contributed by atoms with E-state index in [2.05, 4.69) is 15.9 Å². The van der Waals surface area contributed by atoms with E-state index in [-0.39, 0.29) is 5.78 Å². The number of hydrogen-bond acceptors (Lipinski definition) is 1. The molecule has 0 fully saturated rings. The summed E-state index contributed by atoms with van der Waals surface area (Å²) in [5.41, 5.74) is 1.04. The zero-order chi connectivity index (χ0) is 8.97. The van der Waals surface area contributed by atoms with E-state index in [0.29, 0.717) is 0 Å². The number of hydrogen-bond donors (Lipinski definition) is 0. The van der Waals surface area contributed by atoms with Gasteiger partial charge in [0, 0.05) is 4.47 Å². The zero-order valence-electron chi connectivity index (χ0n) is 6.75. The normalized spacial score (nSPS) is 10.5. The largest absolute Gasteiger partial charge is 0.295 e. The van der Waals surface area contributed by atoms with Gasteiger partial charge >= 0.3 is 0 Å². The summed E-state index contributed by atoms with van der Waals surface area (Å²) in [6, 6.07) is 7.78. The Morgan fingerprint density at radius 3 is 2.42 bits per heavy atom. The molecule has 0 amide bonds. The molecular weight excluding hydrogens is 216 g/mol. The van der Waals surface area contributed by atoms with Crippen molar-refractivity contribution in [3.8, 4) is 0 Å². The van der Waals surface area contributed by atoms with Crippen molar-refractivity contribution >= 4 is 27.8 Å². The molecule has 2 heteroatoms. The van der Waals surface area contributed by atoms with Gasteiger partial charge in [0.1, 0.15) is 0 Å². The van der Waals surface area contributed by atoms with Crippen molar-refractivity contribution in [2.45, 2.75) is 6.92 Å². The van der Waals surface area contributed by atoms with Crippen LogP contribution in [0.3, 0.4) is 0 Å². The van der Waals surface area contributed by atoms with Crippen LogP contribution in [0, 0.1) is 0 Å². The number of rotatable bonds is 2. The van der Waals surface area contributed by atoms with Gasteiger partial charge in [-0.3, -0.25) is 4.79 Å². The molecule has 0 spiro atoms. The van der Waals surface area contributed by atoms with Gasteiger partial charge in [-0.05, 0) is 30.7 Å². The van der Waals surface area contributed by atoms with Gasteiger partial charge in [0.05, 0.1) is 0 Å². The highest BCUT2D eigenvalue weighted by Gasteiger charge is 1.87. The standard InChI is InChI=1S/C10H9BrO/c1-8(12)2-3-9-4-6-10(11)7-5-9/h2-7H,1H3/b3-2+. The lowest BCUT2D eigenvalue weighted by atomic mass is 10.2. The van der Waals surface area contributed by atoms with Gasteiger partial charge < -0.3 is 0 Å². The fraction of sp³-hybridized carbons (Fsp3) is 0.100. The second-order valence-electron chi connectivity index (χ2n) is 2.50. The molecule has 1 nitrogen and oxygen atoms in total. The van der Waals surface area contributed by atoms with E-state index >= 15 is 0 Å². The van der Waals surface area contributed by atoms with Crippen LogP contribution in [0.25, 0.3) is 6.08 Å². The quantitative estimate of drug-likeness (QED) is 0.707. The third-order valence-corrected chi connectivity index (χ3v) is 1.91. The highest BCUT2D eigenvalue weighted by atomic mass is 79.9. The first-order valence-corrected chi connectivity index (χ1v) is 4.42. The first kappa shape index (κ1) is 9.20. The molecule has 0 radical (unpaired) electrons. The Labute approximate surface area is 80.2 Å². The summed E-state index contributed by atoms with van der Waals surface area (Å²) in [6.07, 6.45) is 3.36. The molecular formula is C10H9BrO. The zero-order valence-corrected chi connectivity index (χ0v) is 8.34. The Bertz CT molecular complexity index is 298. The Hall–Kier alpha value is -0.890. The molecule has 12 heavy (non-hydrogen) atoms. The van der Waals surface area contributed by atoms with Crippen molar-refractivity contribution in [2.75, 3.05) is 0 Å². The van der Waals surface area contributed by atoms with E-state index in [9.17, 15) is 4.79 Å². The van der Waals surface area contributed by atoms with Crippen LogP contribution in [0.1, 0.15) is 12.5 Å². The first-order valence-electron chi connectivity index (χ1n) is 3.63. The second-order valence-corrected chi connectivity index (χ2v) is 3.41. The fourth-order valence-electron chi connectivity index (χ4n) is 0.787. The number of carbonyl (C=O) groups excluding carboxylic acids is 1. The van der Waals surface area contributed by atoms with Crippen molar-refractivity contribution in [1.29, 1.82) is 0 Å². The molecule has 0 aliphatic rings. The lowest BCUT2D eigenvalue weighted by molar-refractivity contribution is -0.112. The van der Waals surface area contributed by atoms with E-state index in [1.807, 2.05) is 24.3 Å². The summed E-state index contributed by atoms with van der Waals surface area (Å²) >= 11 is 3.33. The van der Waals surface area contributed by atoms with E-state index in [4.69, 9.17) is 0 Å². The molecule has 1 aromatic rings.